The van der Waals surface area contributed by atoms with Gasteiger partial charge in [-0.15, -0.1) is 0 Å². The van der Waals surface area contributed by atoms with Crippen molar-refractivity contribution in [2.45, 2.75) is 92.7 Å². The molecule has 0 radical (unpaired) electrons. The third-order valence-electron chi connectivity index (χ3n) is 4.50. The summed E-state index contributed by atoms with van der Waals surface area (Å²) in [6, 6.07) is 0. The number of nitrogens with one attached hydrogen (secondary N) is 2. The quantitative estimate of drug-likeness (QED) is 0.707. The highest BCUT2D eigenvalue weighted by atomic mass is 16.2. The molecule has 0 aliphatic heterocycles. The van der Waals surface area contributed by atoms with E-state index >= 15 is 0 Å². The van der Waals surface area contributed by atoms with Crippen molar-refractivity contribution in [2.24, 2.45) is 10.8 Å². The molecule has 3 nitrogen and oxygen atoms in total. The molecule has 0 atom stereocenters. The van der Waals surface area contributed by atoms with Crippen LogP contribution in [0.4, 0.5) is 0 Å². The van der Waals surface area contributed by atoms with E-state index in [-0.39, 0.29) is 27.8 Å². The minimum atomic E-state index is -0.389. The van der Waals surface area contributed by atoms with E-state index in [1.807, 2.05) is 20.9 Å². The number of carbonyl (C=O) groups is 1. The van der Waals surface area contributed by atoms with Crippen LogP contribution < -0.4 is 10.6 Å². The SMILES string of the molecule is CCC(C)(C)CC(C)(C)NC(=O)C(C)(C)CC(C)(C)NC. The summed E-state index contributed by atoms with van der Waals surface area (Å²) >= 11 is 0. The van der Waals surface area contributed by atoms with E-state index in [1.165, 1.54) is 0 Å². The first-order valence-electron chi connectivity index (χ1n) is 8.18. The predicted octanol–water partition coefficient (Wildman–Crippen LogP) is 4.12. The smallest absolute Gasteiger partial charge is 0.226 e. The van der Waals surface area contributed by atoms with E-state index in [9.17, 15) is 4.79 Å². The van der Waals surface area contributed by atoms with Crippen molar-refractivity contribution in [2.75, 3.05) is 7.05 Å². The molecule has 3 heteroatoms. The molecular weight excluding hydrogens is 260 g/mol. The Morgan fingerprint density at radius 3 is 1.71 bits per heavy atom. The number of hydrogen-bond donors (Lipinski definition) is 2. The molecule has 21 heavy (non-hydrogen) atoms. The Balaban J connectivity index is 4.87. The highest BCUT2D eigenvalue weighted by Gasteiger charge is 2.37. The zero-order chi connectivity index (χ0) is 17.1. The standard InChI is InChI=1S/C18H38N2O/c1-11-15(2,3)12-18(8,9)20-14(21)16(4,5)13-17(6,7)19-10/h19H,11-13H2,1-10H3,(H,20,21). The van der Waals surface area contributed by atoms with Gasteiger partial charge >= 0.3 is 0 Å². The number of hydrogen-bond acceptors (Lipinski definition) is 2. The van der Waals surface area contributed by atoms with Crippen molar-refractivity contribution in [3.8, 4) is 0 Å². The largest absolute Gasteiger partial charge is 0.351 e. The number of carbonyl (C=O) groups excluding carboxylic acids is 1. The van der Waals surface area contributed by atoms with Crippen LogP contribution in [-0.2, 0) is 4.79 Å². The van der Waals surface area contributed by atoms with Crippen molar-refractivity contribution < 1.29 is 4.79 Å². The summed E-state index contributed by atoms with van der Waals surface area (Å²) in [5.41, 5.74) is -0.378. The molecule has 0 fully saturated rings. The minimum absolute atomic E-state index is 0.0479. The Bertz CT molecular complexity index is 354. The lowest BCUT2D eigenvalue weighted by atomic mass is 9.76. The van der Waals surface area contributed by atoms with Crippen LogP contribution in [0, 0.1) is 10.8 Å². The second-order valence-electron chi connectivity index (χ2n) is 9.23. The van der Waals surface area contributed by atoms with Gasteiger partial charge in [-0.3, -0.25) is 4.79 Å². The van der Waals surface area contributed by atoms with Gasteiger partial charge in [-0.25, -0.2) is 0 Å². The molecular formula is C18H38N2O. The van der Waals surface area contributed by atoms with Crippen LogP contribution in [-0.4, -0.2) is 24.0 Å². The molecule has 0 aromatic carbocycles. The summed E-state index contributed by atoms with van der Waals surface area (Å²) in [5, 5.41) is 6.55. The predicted molar refractivity (Wildman–Crippen MR) is 92.4 cm³/mol. The monoisotopic (exact) mass is 298 g/mol. The Labute approximate surface area is 132 Å². The van der Waals surface area contributed by atoms with Gasteiger partial charge in [-0.05, 0) is 53.0 Å². The molecule has 2 N–H and O–H groups in total. The van der Waals surface area contributed by atoms with E-state index in [0.717, 1.165) is 19.3 Å². The molecule has 0 aliphatic rings. The van der Waals surface area contributed by atoms with Gasteiger partial charge in [0.2, 0.25) is 5.91 Å². The van der Waals surface area contributed by atoms with Gasteiger partial charge in [0.1, 0.15) is 0 Å². The molecule has 0 saturated heterocycles. The Morgan fingerprint density at radius 2 is 1.33 bits per heavy atom. The average molecular weight is 299 g/mol. The third kappa shape index (κ3) is 7.30. The lowest BCUT2D eigenvalue weighted by Gasteiger charge is -2.39. The van der Waals surface area contributed by atoms with Gasteiger partial charge < -0.3 is 10.6 Å². The van der Waals surface area contributed by atoms with Crippen molar-refractivity contribution in [3.05, 3.63) is 0 Å². The lowest BCUT2D eigenvalue weighted by molar-refractivity contribution is -0.132. The molecule has 0 rings (SSSR count). The van der Waals surface area contributed by atoms with E-state index < -0.39 is 0 Å². The molecule has 0 unspecified atom stereocenters. The van der Waals surface area contributed by atoms with Gasteiger partial charge in [-0.1, -0.05) is 41.0 Å². The topological polar surface area (TPSA) is 41.1 Å². The summed E-state index contributed by atoms with van der Waals surface area (Å²) in [5.74, 6) is 0.141. The van der Waals surface area contributed by atoms with E-state index in [0.29, 0.717) is 0 Å². The van der Waals surface area contributed by atoms with Gasteiger partial charge in [0.15, 0.2) is 0 Å². The van der Waals surface area contributed by atoms with Crippen LogP contribution >= 0.6 is 0 Å². The zero-order valence-electron chi connectivity index (χ0n) is 16.0. The van der Waals surface area contributed by atoms with Crippen molar-refractivity contribution in [1.82, 2.24) is 10.6 Å². The van der Waals surface area contributed by atoms with Gasteiger partial charge in [-0.2, -0.15) is 0 Å². The Kier molecular flexibility index (Phi) is 6.50. The second kappa shape index (κ2) is 6.68. The Morgan fingerprint density at radius 1 is 0.857 bits per heavy atom. The van der Waals surface area contributed by atoms with Crippen LogP contribution in [0.25, 0.3) is 0 Å². The van der Waals surface area contributed by atoms with Crippen molar-refractivity contribution in [3.63, 3.8) is 0 Å². The number of rotatable bonds is 8. The number of amides is 1. The van der Waals surface area contributed by atoms with Crippen molar-refractivity contribution >= 4 is 5.91 Å². The third-order valence-corrected chi connectivity index (χ3v) is 4.50. The minimum Gasteiger partial charge on any atom is -0.351 e. The zero-order valence-corrected chi connectivity index (χ0v) is 16.0. The maximum absolute atomic E-state index is 12.7. The maximum Gasteiger partial charge on any atom is 0.226 e. The molecule has 0 bridgehead atoms. The normalized spacial score (nSPS) is 14.2. The summed E-state index contributed by atoms with van der Waals surface area (Å²) in [4.78, 5) is 12.7. The van der Waals surface area contributed by atoms with Crippen LogP contribution in [0.3, 0.4) is 0 Å². The van der Waals surface area contributed by atoms with Gasteiger partial charge in [0.25, 0.3) is 0 Å². The fourth-order valence-electron chi connectivity index (χ4n) is 3.12. The van der Waals surface area contributed by atoms with E-state index in [1.54, 1.807) is 0 Å². The van der Waals surface area contributed by atoms with Gasteiger partial charge in [0.05, 0.1) is 0 Å². The molecule has 0 aromatic rings. The van der Waals surface area contributed by atoms with Crippen LogP contribution in [0.2, 0.25) is 0 Å². The molecule has 0 spiro atoms. The van der Waals surface area contributed by atoms with Gasteiger partial charge in [0, 0.05) is 16.5 Å². The molecule has 0 heterocycles. The van der Waals surface area contributed by atoms with Crippen molar-refractivity contribution in [1.29, 1.82) is 0 Å². The first-order chi connectivity index (χ1) is 9.16. The fraction of sp³-hybridized carbons (Fsp3) is 0.944. The molecule has 0 aromatic heterocycles. The summed E-state index contributed by atoms with van der Waals surface area (Å²) in [6.45, 7) is 19.3. The van der Waals surface area contributed by atoms with Crippen LogP contribution in [0.15, 0.2) is 0 Å². The van der Waals surface area contributed by atoms with E-state index in [4.69, 9.17) is 0 Å². The highest BCUT2D eigenvalue weighted by molar-refractivity contribution is 5.82. The molecule has 0 saturated carbocycles. The fourth-order valence-corrected chi connectivity index (χ4v) is 3.12. The first kappa shape index (κ1) is 20.4. The van der Waals surface area contributed by atoms with Crippen LogP contribution in [0.5, 0.6) is 0 Å². The van der Waals surface area contributed by atoms with E-state index in [2.05, 4.69) is 59.1 Å². The highest BCUT2D eigenvalue weighted by Crippen LogP contribution is 2.33. The van der Waals surface area contributed by atoms with Crippen LogP contribution in [0.1, 0.15) is 81.6 Å². The maximum atomic E-state index is 12.7. The first-order valence-corrected chi connectivity index (χ1v) is 8.18. The Hall–Kier alpha value is -0.570. The average Bonchev–Trinajstić information content (AvgIpc) is 2.25. The molecule has 0 aliphatic carbocycles. The second-order valence-corrected chi connectivity index (χ2v) is 9.23. The summed E-state index contributed by atoms with van der Waals surface area (Å²) in [7, 11) is 1.95. The lowest BCUT2D eigenvalue weighted by Crippen LogP contribution is -2.53. The molecule has 1 amide bonds. The summed E-state index contributed by atoms with van der Waals surface area (Å²) < 4.78 is 0. The molecule has 126 valence electrons. The summed E-state index contributed by atoms with van der Waals surface area (Å²) in [6.07, 6.45) is 2.89.